The number of carbonyl (C=O) groups excluding carboxylic acids is 2. The number of hydrogen-bond donors (Lipinski definition) is 6. The van der Waals surface area contributed by atoms with Gasteiger partial charge in [0.05, 0.1) is 13.1 Å². The van der Waals surface area contributed by atoms with Gasteiger partial charge >= 0.3 is 17.1 Å². The van der Waals surface area contributed by atoms with E-state index in [0.29, 0.717) is 16.5 Å². The number of thiazole rings is 1. The van der Waals surface area contributed by atoms with E-state index in [9.17, 15) is 29.4 Å². The van der Waals surface area contributed by atoms with Gasteiger partial charge in [-0.1, -0.05) is 10.1 Å². The Labute approximate surface area is 245 Å². The fourth-order valence-corrected chi connectivity index (χ4v) is 6.70. The molecule has 1 fully saturated rings. The van der Waals surface area contributed by atoms with Crippen molar-refractivity contribution in [3.05, 3.63) is 28.4 Å². The first-order chi connectivity index (χ1) is 19.2. The molecule has 2 amide bonds. The second-order valence-electron chi connectivity index (χ2n) is 9.27. The maximum Gasteiger partial charge on any atom is 0.352 e. The summed E-state index contributed by atoms with van der Waals surface area (Å²) in [5.41, 5.74) is 15.5. The Hall–Kier alpha value is -4.10. The number of nitrogens with zero attached hydrogens (tertiary/aromatic N) is 5. The van der Waals surface area contributed by atoms with E-state index in [4.69, 9.17) is 22.0 Å². The zero-order chi connectivity index (χ0) is 30.2. The molecule has 0 bridgehead atoms. The molecule has 0 radical (unpaired) electrons. The second-order valence-corrected chi connectivity index (χ2v) is 12.2. The zero-order valence-electron chi connectivity index (χ0n) is 21.9. The number of β-lactam (4-membered cyclic amide) rings is 1. The van der Waals surface area contributed by atoms with E-state index in [1.54, 1.807) is 11.6 Å². The summed E-state index contributed by atoms with van der Waals surface area (Å²) in [6.45, 7) is 2.48. The Balaban J connectivity index is 1.53. The van der Waals surface area contributed by atoms with Crippen LogP contribution in [0.4, 0.5) is 16.8 Å². The quantitative estimate of drug-likeness (QED) is 0.0474. The summed E-state index contributed by atoms with van der Waals surface area (Å²) in [5, 5.41) is 26.8. The molecule has 4 rings (SSSR count). The molecule has 218 valence electrons. The molecular weight excluding hydrogens is 598 g/mol. The van der Waals surface area contributed by atoms with Gasteiger partial charge in [-0.15, -0.1) is 23.1 Å². The molecule has 2 atom stereocenters. The van der Waals surface area contributed by atoms with Gasteiger partial charge in [0, 0.05) is 16.9 Å². The summed E-state index contributed by atoms with van der Waals surface area (Å²) < 4.78 is 1.61. The second kappa shape index (κ2) is 11.4. The Morgan fingerprint density at radius 2 is 2.00 bits per heavy atom. The van der Waals surface area contributed by atoms with Crippen molar-refractivity contribution in [2.45, 2.75) is 36.0 Å². The minimum Gasteiger partial charge on any atom is -0.478 e. The van der Waals surface area contributed by atoms with Crippen molar-refractivity contribution >= 4 is 81.1 Å². The molecule has 0 aromatic carbocycles. The van der Waals surface area contributed by atoms with Crippen molar-refractivity contribution in [3.8, 4) is 0 Å². The molecule has 2 unspecified atom stereocenters. The Kier molecular flexibility index (Phi) is 8.31. The van der Waals surface area contributed by atoms with Crippen molar-refractivity contribution in [1.82, 2.24) is 20.2 Å². The lowest BCUT2D eigenvalue weighted by molar-refractivity contribution is -0.698. The van der Waals surface area contributed by atoms with E-state index < -0.39 is 46.5 Å². The number of fused-ring (bicyclic) bond motifs is 1. The van der Waals surface area contributed by atoms with Gasteiger partial charge in [-0.05, 0) is 31.2 Å². The van der Waals surface area contributed by atoms with E-state index in [2.05, 4.69) is 20.4 Å². The number of nitrogens with one attached hydrogen (secondary N) is 1. The highest BCUT2D eigenvalue weighted by atomic mass is 32.2. The van der Waals surface area contributed by atoms with Crippen LogP contribution in [-0.4, -0.2) is 83.1 Å². The minimum atomic E-state index is -1.77. The van der Waals surface area contributed by atoms with E-state index in [1.165, 1.54) is 48.8 Å². The van der Waals surface area contributed by atoms with Crippen LogP contribution in [0, 0.1) is 0 Å². The van der Waals surface area contributed by atoms with Crippen LogP contribution in [0.3, 0.4) is 0 Å². The van der Waals surface area contributed by atoms with Crippen LogP contribution < -0.4 is 27.1 Å². The number of rotatable bonds is 10. The van der Waals surface area contributed by atoms with E-state index in [0.717, 1.165) is 16.2 Å². The molecule has 2 aliphatic heterocycles. The topological polar surface area (TPSA) is 253 Å². The van der Waals surface area contributed by atoms with Crippen molar-refractivity contribution in [2.24, 2.45) is 12.2 Å². The van der Waals surface area contributed by atoms with Crippen LogP contribution in [0.15, 0.2) is 33.0 Å². The third-order valence-electron chi connectivity index (χ3n) is 5.97. The molecule has 4 heterocycles. The van der Waals surface area contributed by atoms with E-state index >= 15 is 0 Å². The first kappa shape index (κ1) is 29.9. The fraction of sp³-hybridized carbons (Fsp3) is 0.364. The largest absolute Gasteiger partial charge is 0.478 e. The molecule has 41 heavy (non-hydrogen) atoms. The van der Waals surface area contributed by atoms with Crippen molar-refractivity contribution in [3.63, 3.8) is 0 Å². The summed E-state index contributed by atoms with van der Waals surface area (Å²) in [7, 11) is 1.69. The number of carbonyl (C=O) groups is 4. The number of aliphatic carboxylic acids is 2. The molecule has 16 nitrogen and oxygen atoms in total. The maximum atomic E-state index is 13.2. The normalized spacial score (nSPS) is 19.0. The Bertz CT molecular complexity index is 1510. The average Bonchev–Trinajstić information content (AvgIpc) is 3.33. The van der Waals surface area contributed by atoms with Crippen LogP contribution in [0.2, 0.25) is 0 Å². The Morgan fingerprint density at radius 3 is 2.61 bits per heavy atom. The number of thioether (sulfide) groups is 2. The fourth-order valence-electron chi connectivity index (χ4n) is 3.66. The standard InChI is InChI=1S/C22H25N9O7S3/c1-22(2,19(36)37)38-29-12(9-7-40-20(25)26-9)15(32)28-13-16(33)31-14(18(34)35)8(5-39-17(13)31)6-41-21-27-10(23)4-11(24)30(21)3/h4,7,13,17H,5-6H2,1-3H3,(H8,23,24,25,26,28,32,34,35,36,37)/p+1/b29-12-. The van der Waals surface area contributed by atoms with Crippen LogP contribution >= 0.6 is 34.9 Å². The van der Waals surface area contributed by atoms with Gasteiger partial charge in [-0.25, -0.2) is 19.1 Å². The molecule has 0 aliphatic carbocycles. The monoisotopic (exact) mass is 624 g/mol. The predicted octanol–water partition coefficient (Wildman–Crippen LogP) is -0.776. The first-order valence-corrected chi connectivity index (χ1v) is 14.6. The molecule has 2 aromatic rings. The lowest BCUT2D eigenvalue weighted by atomic mass is 10.0. The lowest BCUT2D eigenvalue weighted by Gasteiger charge is -2.49. The van der Waals surface area contributed by atoms with Crippen LogP contribution in [0.1, 0.15) is 19.5 Å². The summed E-state index contributed by atoms with van der Waals surface area (Å²) in [5.74, 6) is -3.09. The smallest absolute Gasteiger partial charge is 0.352 e. The van der Waals surface area contributed by atoms with Crippen LogP contribution in [-0.2, 0) is 31.1 Å². The van der Waals surface area contributed by atoms with Gasteiger partial charge in [0.25, 0.3) is 11.8 Å². The number of anilines is 3. The molecule has 2 aliphatic rings. The van der Waals surface area contributed by atoms with Crippen molar-refractivity contribution in [2.75, 3.05) is 28.7 Å². The number of nitrogens with two attached hydrogens (primary N) is 3. The van der Waals surface area contributed by atoms with E-state index in [-0.39, 0.29) is 33.8 Å². The third kappa shape index (κ3) is 6.00. The molecule has 9 N–H and O–H groups in total. The van der Waals surface area contributed by atoms with Crippen molar-refractivity contribution < 1.29 is 38.8 Å². The third-order valence-corrected chi connectivity index (χ3v) is 9.10. The number of aromatic nitrogens is 3. The highest BCUT2D eigenvalue weighted by molar-refractivity contribution is 8.01. The molecular formula is C22H26N9O7S3+. The maximum absolute atomic E-state index is 13.2. The molecule has 19 heteroatoms. The molecule has 0 spiro atoms. The average molecular weight is 625 g/mol. The number of amides is 2. The number of carboxylic acids is 2. The summed E-state index contributed by atoms with van der Waals surface area (Å²) in [4.78, 5) is 64.4. The number of hydrogen-bond acceptors (Lipinski definition) is 14. The minimum absolute atomic E-state index is 0.0144. The van der Waals surface area contributed by atoms with Gasteiger partial charge in [0.15, 0.2) is 10.8 Å². The van der Waals surface area contributed by atoms with Gasteiger partial charge in [-0.2, -0.15) is 0 Å². The lowest BCUT2D eigenvalue weighted by Crippen LogP contribution is -2.71. The Morgan fingerprint density at radius 1 is 1.29 bits per heavy atom. The highest BCUT2D eigenvalue weighted by Gasteiger charge is 2.54. The first-order valence-electron chi connectivity index (χ1n) is 11.7. The van der Waals surface area contributed by atoms with Crippen molar-refractivity contribution in [1.29, 1.82) is 0 Å². The zero-order valence-corrected chi connectivity index (χ0v) is 24.3. The van der Waals surface area contributed by atoms with Gasteiger partial charge in [-0.3, -0.25) is 14.5 Å². The van der Waals surface area contributed by atoms with Gasteiger partial charge in [0.2, 0.25) is 17.2 Å². The highest BCUT2D eigenvalue weighted by Crippen LogP contribution is 2.41. The number of carboxylic acid groups (broad SMARTS) is 2. The van der Waals surface area contributed by atoms with E-state index in [1.807, 2.05) is 0 Å². The predicted molar refractivity (Wildman–Crippen MR) is 151 cm³/mol. The van der Waals surface area contributed by atoms with Gasteiger partial charge in [0.1, 0.15) is 22.8 Å². The molecule has 2 aromatic heterocycles. The van der Waals surface area contributed by atoms with Crippen LogP contribution in [0.5, 0.6) is 0 Å². The SMILES string of the molecule is C[n+]1c(N)cc(N)nc1SCC1=C(C(=O)O)N2C(=O)C(NC(=O)/C(=N\OC(C)(C)C(=O)O)c3csc(N)n3)C2SC1. The number of oxime groups is 1. The summed E-state index contributed by atoms with van der Waals surface area (Å²) in [6.07, 6.45) is 0. The van der Waals surface area contributed by atoms with Gasteiger partial charge < -0.3 is 37.6 Å². The van der Waals surface area contributed by atoms with Crippen LogP contribution in [0.25, 0.3) is 0 Å². The molecule has 0 saturated carbocycles. The molecule has 1 saturated heterocycles. The number of nitrogen functional groups attached to an aromatic ring is 3. The summed E-state index contributed by atoms with van der Waals surface area (Å²) in [6, 6.07) is 0.414. The summed E-state index contributed by atoms with van der Waals surface area (Å²) >= 11 is 3.51.